The third kappa shape index (κ3) is 5.14. The maximum Gasteiger partial charge on any atom is 0.161 e. The average molecular weight is 669 g/mol. The summed E-state index contributed by atoms with van der Waals surface area (Å²) in [5.41, 5.74) is 10.2. The summed E-state index contributed by atoms with van der Waals surface area (Å²) in [6.45, 7) is 0. The van der Waals surface area contributed by atoms with Gasteiger partial charge in [0.2, 0.25) is 0 Å². The highest BCUT2D eigenvalue weighted by atomic mass is 32.1. The fraction of sp³-hybridized carbons (Fsp3) is 0. The van der Waals surface area contributed by atoms with Gasteiger partial charge in [0.15, 0.2) is 11.6 Å². The number of hydrogen-bond acceptors (Lipinski definition) is 5. The van der Waals surface area contributed by atoms with Crippen molar-refractivity contribution in [3.63, 3.8) is 0 Å². The van der Waals surface area contributed by atoms with Crippen LogP contribution in [0.1, 0.15) is 0 Å². The van der Waals surface area contributed by atoms with Crippen molar-refractivity contribution in [1.29, 1.82) is 0 Å². The van der Waals surface area contributed by atoms with E-state index in [4.69, 9.17) is 19.9 Å². The van der Waals surface area contributed by atoms with Crippen molar-refractivity contribution in [1.82, 2.24) is 19.9 Å². The minimum Gasteiger partial charge on any atom is -0.228 e. The van der Waals surface area contributed by atoms with E-state index in [-0.39, 0.29) is 0 Å². The Labute approximate surface area is 298 Å². The van der Waals surface area contributed by atoms with Crippen LogP contribution in [-0.2, 0) is 0 Å². The molecule has 0 N–H and O–H groups in total. The number of rotatable bonds is 5. The van der Waals surface area contributed by atoms with Crippen molar-refractivity contribution in [2.45, 2.75) is 0 Å². The Bertz CT molecular complexity index is 2900. The Balaban J connectivity index is 1.10. The molecule has 0 amide bonds. The van der Waals surface area contributed by atoms with E-state index in [2.05, 4.69) is 140 Å². The first-order valence-electron chi connectivity index (χ1n) is 17.0. The van der Waals surface area contributed by atoms with E-state index < -0.39 is 0 Å². The molecule has 3 aromatic heterocycles. The number of nitrogens with zero attached hydrogens (tertiary/aromatic N) is 4. The van der Waals surface area contributed by atoms with Crippen LogP contribution in [0.3, 0.4) is 0 Å². The smallest absolute Gasteiger partial charge is 0.161 e. The lowest BCUT2D eigenvalue weighted by atomic mass is 10.0. The van der Waals surface area contributed by atoms with Gasteiger partial charge in [0.1, 0.15) is 0 Å². The number of fused-ring (bicyclic) bond motifs is 5. The predicted octanol–water partition coefficient (Wildman–Crippen LogP) is 12.3. The second-order valence-corrected chi connectivity index (χ2v) is 13.7. The van der Waals surface area contributed by atoms with Crippen LogP contribution in [0.5, 0.6) is 0 Å². The lowest BCUT2D eigenvalue weighted by molar-refractivity contribution is 1.23. The average Bonchev–Trinajstić information content (AvgIpc) is 3.59. The first-order chi connectivity index (χ1) is 25.3. The van der Waals surface area contributed by atoms with Crippen LogP contribution < -0.4 is 0 Å². The normalized spacial score (nSPS) is 11.5. The third-order valence-corrected chi connectivity index (χ3v) is 10.7. The lowest BCUT2D eigenvalue weighted by Gasteiger charge is -2.11. The molecule has 3 heterocycles. The molecule has 0 saturated carbocycles. The molecule has 51 heavy (non-hydrogen) atoms. The fourth-order valence-corrected chi connectivity index (χ4v) is 8.25. The minimum atomic E-state index is 0.716. The molecule has 10 aromatic rings. The van der Waals surface area contributed by atoms with Crippen LogP contribution in [0.25, 0.3) is 98.4 Å². The van der Waals surface area contributed by atoms with Gasteiger partial charge in [-0.3, -0.25) is 0 Å². The summed E-state index contributed by atoms with van der Waals surface area (Å²) in [6.07, 6.45) is 0. The fourth-order valence-electron chi connectivity index (χ4n) is 7.00. The predicted molar refractivity (Wildman–Crippen MR) is 213 cm³/mol. The van der Waals surface area contributed by atoms with E-state index in [1.807, 2.05) is 30.3 Å². The molecule has 7 aromatic carbocycles. The van der Waals surface area contributed by atoms with Gasteiger partial charge < -0.3 is 0 Å². The zero-order chi connectivity index (χ0) is 33.7. The third-order valence-electron chi connectivity index (χ3n) is 9.52. The van der Waals surface area contributed by atoms with Crippen molar-refractivity contribution in [2.24, 2.45) is 0 Å². The van der Waals surface area contributed by atoms with Crippen molar-refractivity contribution in [3.8, 4) is 56.4 Å². The summed E-state index contributed by atoms with van der Waals surface area (Å²) in [5, 5.41) is 4.46. The molecule has 0 atom stereocenters. The molecule has 0 bridgehead atoms. The van der Waals surface area contributed by atoms with Gasteiger partial charge in [-0.25, -0.2) is 19.9 Å². The quantitative estimate of drug-likeness (QED) is 0.183. The second kappa shape index (κ2) is 12.1. The zero-order valence-corrected chi connectivity index (χ0v) is 28.2. The van der Waals surface area contributed by atoms with E-state index in [1.165, 1.54) is 26.6 Å². The zero-order valence-electron chi connectivity index (χ0n) is 27.4. The van der Waals surface area contributed by atoms with Crippen molar-refractivity contribution >= 4 is 53.3 Å². The first-order valence-corrected chi connectivity index (χ1v) is 17.8. The van der Waals surface area contributed by atoms with E-state index in [0.717, 1.165) is 66.0 Å². The molecular formula is C46H28N4S. The number of aromatic nitrogens is 4. The van der Waals surface area contributed by atoms with Crippen molar-refractivity contribution in [2.75, 3.05) is 0 Å². The molecule has 0 unspecified atom stereocenters. The molecule has 0 fully saturated rings. The Kier molecular flexibility index (Phi) is 6.96. The van der Waals surface area contributed by atoms with Gasteiger partial charge in [-0.15, -0.1) is 11.3 Å². The minimum absolute atomic E-state index is 0.716. The summed E-state index contributed by atoms with van der Waals surface area (Å²) in [5.74, 6) is 1.44. The summed E-state index contributed by atoms with van der Waals surface area (Å²) in [6, 6.07) is 59.0. The van der Waals surface area contributed by atoms with E-state index in [9.17, 15) is 0 Å². The van der Waals surface area contributed by atoms with E-state index in [1.54, 1.807) is 11.3 Å². The highest BCUT2D eigenvalue weighted by Crippen LogP contribution is 2.42. The van der Waals surface area contributed by atoms with Gasteiger partial charge in [-0.1, -0.05) is 146 Å². The molecule has 0 aliphatic carbocycles. The van der Waals surface area contributed by atoms with Crippen LogP contribution in [0.4, 0.5) is 0 Å². The topological polar surface area (TPSA) is 51.6 Å². The number of hydrogen-bond donors (Lipinski definition) is 0. The lowest BCUT2D eigenvalue weighted by Crippen LogP contribution is -1.95. The van der Waals surface area contributed by atoms with Crippen LogP contribution in [-0.4, -0.2) is 19.9 Å². The molecule has 0 aliphatic heterocycles. The molecule has 0 spiro atoms. The largest absolute Gasteiger partial charge is 0.228 e. The molecule has 10 rings (SSSR count). The number of thiophene rings is 1. The Morgan fingerprint density at radius 1 is 0.333 bits per heavy atom. The highest BCUT2D eigenvalue weighted by molar-refractivity contribution is 7.26. The van der Waals surface area contributed by atoms with Gasteiger partial charge in [-0.05, 0) is 35.4 Å². The first kappa shape index (κ1) is 29.4. The summed E-state index contributed by atoms with van der Waals surface area (Å²) in [4.78, 5) is 20.5. The van der Waals surface area contributed by atoms with Crippen molar-refractivity contribution in [3.05, 3.63) is 170 Å². The van der Waals surface area contributed by atoms with Gasteiger partial charge in [0, 0.05) is 53.2 Å². The second-order valence-electron chi connectivity index (χ2n) is 12.6. The number of para-hydroxylation sites is 2. The molecule has 238 valence electrons. The molecule has 0 radical (unpaired) electrons. The van der Waals surface area contributed by atoms with E-state index >= 15 is 0 Å². The van der Waals surface area contributed by atoms with Crippen LogP contribution in [0.15, 0.2) is 170 Å². The Hall–Kier alpha value is -6.56. The highest BCUT2D eigenvalue weighted by Gasteiger charge is 2.18. The standard InChI is InChI=1S/C46H28N4S/c1-3-12-29(13-4-1)30-22-24-32(25-23-30)43-37-17-8-10-21-40(37)48-46(50-43)38-19-11-18-35-34-27-26-33(28-41(34)51-44(35)38)45-47-39-20-9-7-16-36(39)42(49-45)31-14-5-2-6-15-31/h1-28H. The van der Waals surface area contributed by atoms with Crippen LogP contribution in [0, 0.1) is 0 Å². The monoisotopic (exact) mass is 668 g/mol. The maximum atomic E-state index is 5.27. The van der Waals surface area contributed by atoms with Crippen molar-refractivity contribution < 1.29 is 0 Å². The Morgan fingerprint density at radius 2 is 0.843 bits per heavy atom. The van der Waals surface area contributed by atoms with Crippen LogP contribution in [0.2, 0.25) is 0 Å². The molecule has 5 heteroatoms. The summed E-state index contributed by atoms with van der Waals surface area (Å²) >= 11 is 1.77. The summed E-state index contributed by atoms with van der Waals surface area (Å²) in [7, 11) is 0. The molecular weight excluding hydrogens is 641 g/mol. The molecule has 0 saturated heterocycles. The van der Waals surface area contributed by atoms with Gasteiger partial charge in [-0.2, -0.15) is 0 Å². The van der Waals surface area contributed by atoms with Crippen LogP contribution >= 0.6 is 11.3 Å². The summed E-state index contributed by atoms with van der Waals surface area (Å²) < 4.78 is 2.33. The Morgan fingerprint density at radius 3 is 1.55 bits per heavy atom. The van der Waals surface area contributed by atoms with Gasteiger partial charge in [0.05, 0.1) is 22.4 Å². The molecule has 4 nitrogen and oxygen atoms in total. The van der Waals surface area contributed by atoms with Gasteiger partial charge >= 0.3 is 0 Å². The maximum absolute atomic E-state index is 5.27. The molecule has 0 aliphatic rings. The SMILES string of the molecule is c1ccc(-c2ccc(-c3nc(-c4cccc5c4sc4cc(-c6nc(-c7ccccc7)c7ccccc7n6)ccc45)nc4ccccc34)cc2)cc1. The van der Waals surface area contributed by atoms with E-state index in [0.29, 0.717) is 5.82 Å². The number of benzene rings is 7. The van der Waals surface area contributed by atoms with Gasteiger partial charge in [0.25, 0.3) is 0 Å².